The van der Waals surface area contributed by atoms with Gasteiger partial charge in [0.05, 0.1) is 7.11 Å². The number of rotatable bonds is 8. The zero-order valence-corrected chi connectivity index (χ0v) is 16.7. The van der Waals surface area contributed by atoms with Crippen molar-refractivity contribution in [3.63, 3.8) is 0 Å². The predicted octanol–water partition coefficient (Wildman–Crippen LogP) is 0.974. The fourth-order valence-electron chi connectivity index (χ4n) is 3.15. The van der Waals surface area contributed by atoms with Gasteiger partial charge in [-0.3, -0.25) is 4.79 Å². The highest BCUT2D eigenvalue weighted by Gasteiger charge is 2.38. The highest BCUT2D eigenvalue weighted by molar-refractivity contribution is 5.91. The maximum atomic E-state index is 12.8. The SMILES string of the molecule is COC(=O)[C@H](CC(C)C)NC(=O)N[C@H](C(=O)N1CCC[C@H]1C(=O)O)C(C)C. The Kier molecular flexibility index (Phi) is 8.52. The minimum Gasteiger partial charge on any atom is -0.480 e. The van der Waals surface area contributed by atoms with E-state index >= 15 is 0 Å². The van der Waals surface area contributed by atoms with Crippen molar-refractivity contribution in [2.45, 2.75) is 65.1 Å². The Labute approximate surface area is 159 Å². The van der Waals surface area contributed by atoms with Gasteiger partial charge in [-0.15, -0.1) is 0 Å². The molecule has 0 aliphatic carbocycles. The summed E-state index contributed by atoms with van der Waals surface area (Å²) in [4.78, 5) is 49.7. The highest BCUT2D eigenvalue weighted by atomic mass is 16.5. The van der Waals surface area contributed by atoms with E-state index in [9.17, 15) is 24.3 Å². The fourth-order valence-corrected chi connectivity index (χ4v) is 3.15. The molecule has 0 saturated carbocycles. The van der Waals surface area contributed by atoms with Crippen LogP contribution in [-0.2, 0) is 19.1 Å². The number of nitrogens with one attached hydrogen (secondary N) is 2. The number of ether oxygens (including phenoxy) is 1. The summed E-state index contributed by atoms with van der Waals surface area (Å²) in [7, 11) is 1.25. The summed E-state index contributed by atoms with van der Waals surface area (Å²) in [6, 6.07) is -3.24. The standard InChI is InChI=1S/C18H31N3O6/c1-10(2)9-12(17(25)27-5)19-18(26)20-14(11(3)4)15(22)21-8-6-7-13(21)16(23)24/h10-14H,6-9H2,1-5H3,(H,23,24)(H2,19,20,26)/t12-,13-,14-/m0/s1. The van der Waals surface area contributed by atoms with Crippen LogP contribution in [0.25, 0.3) is 0 Å². The first-order chi connectivity index (χ1) is 12.6. The number of hydrogen-bond donors (Lipinski definition) is 3. The third-order valence-corrected chi connectivity index (χ3v) is 4.54. The Hall–Kier alpha value is -2.32. The summed E-state index contributed by atoms with van der Waals surface area (Å²) in [5.41, 5.74) is 0. The van der Waals surface area contributed by atoms with Gasteiger partial charge in [0.15, 0.2) is 0 Å². The fraction of sp³-hybridized carbons (Fsp3) is 0.778. The van der Waals surface area contributed by atoms with E-state index in [1.54, 1.807) is 13.8 Å². The molecule has 3 N–H and O–H groups in total. The highest BCUT2D eigenvalue weighted by Crippen LogP contribution is 2.20. The number of aliphatic carboxylic acids is 1. The van der Waals surface area contributed by atoms with Gasteiger partial charge in [0.25, 0.3) is 0 Å². The van der Waals surface area contributed by atoms with Crippen LogP contribution < -0.4 is 10.6 Å². The molecule has 0 aromatic rings. The molecule has 0 aromatic heterocycles. The largest absolute Gasteiger partial charge is 0.480 e. The van der Waals surface area contributed by atoms with Crippen LogP contribution in [0.2, 0.25) is 0 Å². The lowest BCUT2D eigenvalue weighted by molar-refractivity contribution is -0.149. The van der Waals surface area contributed by atoms with Gasteiger partial charge in [0.1, 0.15) is 18.1 Å². The summed E-state index contributed by atoms with van der Waals surface area (Å²) in [6.45, 7) is 7.70. The maximum Gasteiger partial charge on any atom is 0.328 e. The number of carbonyl (C=O) groups excluding carboxylic acids is 3. The molecule has 1 rings (SSSR count). The molecule has 1 saturated heterocycles. The molecule has 3 atom stereocenters. The summed E-state index contributed by atoms with van der Waals surface area (Å²) in [5.74, 6) is -2.13. The number of carboxylic acid groups (broad SMARTS) is 1. The van der Waals surface area contributed by atoms with E-state index in [1.807, 2.05) is 13.8 Å². The molecule has 0 bridgehead atoms. The Morgan fingerprint density at radius 2 is 1.78 bits per heavy atom. The molecule has 27 heavy (non-hydrogen) atoms. The molecule has 9 nitrogen and oxygen atoms in total. The second kappa shape index (κ2) is 10.1. The molecule has 154 valence electrons. The molecular formula is C18H31N3O6. The second-order valence-electron chi connectivity index (χ2n) is 7.57. The Morgan fingerprint density at radius 3 is 2.26 bits per heavy atom. The number of nitrogens with zero attached hydrogens (tertiary/aromatic N) is 1. The average molecular weight is 385 g/mol. The molecular weight excluding hydrogens is 354 g/mol. The van der Waals surface area contributed by atoms with Gasteiger partial charge in [-0.05, 0) is 31.1 Å². The number of amides is 3. The second-order valence-corrected chi connectivity index (χ2v) is 7.57. The molecule has 3 amide bonds. The van der Waals surface area contributed by atoms with Crippen LogP contribution in [0.4, 0.5) is 4.79 Å². The monoisotopic (exact) mass is 385 g/mol. The van der Waals surface area contributed by atoms with Gasteiger partial charge in [0, 0.05) is 6.54 Å². The smallest absolute Gasteiger partial charge is 0.328 e. The van der Waals surface area contributed by atoms with Gasteiger partial charge in [-0.2, -0.15) is 0 Å². The Balaban J connectivity index is 2.83. The van der Waals surface area contributed by atoms with Crippen LogP contribution in [0, 0.1) is 11.8 Å². The molecule has 1 fully saturated rings. The average Bonchev–Trinajstić information content (AvgIpc) is 3.07. The number of urea groups is 1. The number of hydrogen-bond acceptors (Lipinski definition) is 5. The van der Waals surface area contributed by atoms with Crippen molar-refractivity contribution in [3.8, 4) is 0 Å². The quantitative estimate of drug-likeness (QED) is 0.535. The molecule has 1 aliphatic heterocycles. The lowest BCUT2D eigenvalue weighted by Crippen LogP contribution is -2.57. The van der Waals surface area contributed by atoms with Crippen molar-refractivity contribution in [2.24, 2.45) is 11.8 Å². The van der Waals surface area contributed by atoms with Crippen molar-refractivity contribution in [1.29, 1.82) is 0 Å². The number of esters is 1. The lowest BCUT2D eigenvalue weighted by atomic mass is 10.0. The minimum atomic E-state index is -1.05. The first kappa shape index (κ1) is 22.7. The van der Waals surface area contributed by atoms with E-state index in [0.29, 0.717) is 25.8 Å². The van der Waals surface area contributed by atoms with Crippen molar-refractivity contribution >= 4 is 23.9 Å². The van der Waals surface area contributed by atoms with Gasteiger partial charge in [0.2, 0.25) is 5.91 Å². The van der Waals surface area contributed by atoms with Crippen LogP contribution >= 0.6 is 0 Å². The van der Waals surface area contributed by atoms with Crippen LogP contribution in [-0.4, -0.2) is 65.7 Å². The summed E-state index contributed by atoms with van der Waals surface area (Å²) in [6.07, 6.45) is 1.41. The first-order valence-corrected chi connectivity index (χ1v) is 9.26. The van der Waals surface area contributed by atoms with Gasteiger partial charge >= 0.3 is 18.0 Å². The molecule has 0 spiro atoms. The van der Waals surface area contributed by atoms with Gasteiger partial charge in [-0.25, -0.2) is 14.4 Å². The molecule has 0 unspecified atom stereocenters. The number of carboxylic acids is 1. The third-order valence-electron chi connectivity index (χ3n) is 4.54. The number of methoxy groups -OCH3 is 1. The van der Waals surface area contributed by atoms with E-state index in [-0.39, 0.29) is 11.8 Å². The van der Waals surface area contributed by atoms with E-state index in [2.05, 4.69) is 10.6 Å². The number of carbonyl (C=O) groups is 4. The Morgan fingerprint density at radius 1 is 1.15 bits per heavy atom. The zero-order chi connectivity index (χ0) is 20.7. The zero-order valence-electron chi connectivity index (χ0n) is 16.7. The number of likely N-dealkylation sites (tertiary alicyclic amines) is 1. The van der Waals surface area contributed by atoms with Crippen LogP contribution in [0.3, 0.4) is 0 Å². The van der Waals surface area contributed by atoms with Crippen LogP contribution in [0.15, 0.2) is 0 Å². The van der Waals surface area contributed by atoms with Gasteiger partial charge in [-0.1, -0.05) is 27.7 Å². The lowest BCUT2D eigenvalue weighted by Gasteiger charge is -2.30. The van der Waals surface area contributed by atoms with Crippen LogP contribution in [0.1, 0.15) is 47.0 Å². The van der Waals surface area contributed by atoms with Crippen molar-refractivity contribution in [1.82, 2.24) is 15.5 Å². The Bertz CT molecular complexity index is 563. The van der Waals surface area contributed by atoms with Crippen molar-refractivity contribution in [3.05, 3.63) is 0 Å². The molecule has 1 heterocycles. The molecule has 0 radical (unpaired) electrons. The topological polar surface area (TPSA) is 125 Å². The molecule has 1 aliphatic rings. The van der Waals surface area contributed by atoms with Gasteiger partial charge < -0.3 is 25.4 Å². The normalized spacial score (nSPS) is 18.9. The summed E-state index contributed by atoms with van der Waals surface area (Å²) >= 11 is 0. The summed E-state index contributed by atoms with van der Waals surface area (Å²) < 4.78 is 4.71. The maximum absolute atomic E-state index is 12.8. The van der Waals surface area contributed by atoms with E-state index in [4.69, 9.17) is 4.74 Å². The van der Waals surface area contributed by atoms with Crippen molar-refractivity contribution < 1.29 is 29.0 Å². The third kappa shape index (κ3) is 6.41. The molecule has 9 heteroatoms. The predicted molar refractivity (Wildman–Crippen MR) is 97.9 cm³/mol. The van der Waals surface area contributed by atoms with E-state index in [1.165, 1.54) is 12.0 Å². The van der Waals surface area contributed by atoms with E-state index < -0.39 is 42.0 Å². The van der Waals surface area contributed by atoms with Crippen LogP contribution in [0.5, 0.6) is 0 Å². The molecule has 0 aromatic carbocycles. The minimum absolute atomic E-state index is 0.151. The first-order valence-electron chi connectivity index (χ1n) is 9.26. The van der Waals surface area contributed by atoms with Crippen molar-refractivity contribution in [2.75, 3.05) is 13.7 Å². The van der Waals surface area contributed by atoms with E-state index in [0.717, 1.165) is 0 Å². The summed E-state index contributed by atoms with van der Waals surface area (Å²) in [5, 5.41) is 14.4.